The molecule has 0 aliphatic rings. The number of methoxy groups -OCH3 is 2. The number of benzene rings is 2. The Balaban J connectivity index is 2.07. The third kappa shape index (κ3) is 2.88. The summed E-state index contributed by atoms with van der Waals surface area (Å²) in [5.41, 5.74) is 0.890. The van der Waals surface area contributed by atoms with Crippen LogP contribution in [0.1, 0.15) is 5.56 Å². The van der Waals surface area contributed by atoms with Gasteiger partial charge in [-0.3, -0.25) is 9.36 Å². The number of hydrogen-bond acceptors (Lipinski definition) is 4. The van der Waals surface area contributed by atoms with E-state index in [1.165, 1.54) is 29.1 Å². The number of hydrogen-bond donors (Lipinski definition) is 0. The van der Waals surface area contributed by atoms with Crippen LogP contribution in [0.3, 0.4) is 0 Å². The van der Waals surface area contributed by atoms with Crippen LogP contribution in [0.4, 0.5) is 4.39 Å². The fourth-order valence-electron chi connectivity index (χ4n) is 2.43. The molecule has 0 fully saturated rings. The molecular formula is C17H15FN2O3. The summed E-state index contributed by atoms with van der Waals surface area (Å²) in [6.07, 6.45) is 1.41. The van der Waals surface area contributed by atoms with Crippen molar-refractivity contribution in [3.8, 4) is 11.5 Å². The van der Waals surface area contributed by atoms with Crippen molar-refractivity contribution in [2.45, 2.75) is 6.54 Å². The number of aromatic nitrogens is 2. The van der Waals surface area contributed by atoms with Gasteiger partial charge in [0.2, 0.25) is 0 Å². The predicted molar refractivity (Wildman–Crippen MR) is 84.6 cm³/mol. The Kier molecular flexibility index (Phi) is 3.97. The van der Waals surface area contributed by atoms with Gasteiger partial charge < -0.3 is 9.47 Å². The van der Waals surface area contributed by atoms with E-state index < -0.39 is 5.82 Å². The van der Waals surface area contributed by atoms with Gasteiger partial charge >= 0.3 is 0 Å². The first kappa shape index (κ1) is 15.0. The first-order valence-corrected chi connectivity index (χ1v) is 6.98. The molecule has 3 aromatic rings. The van der Waals surface area contributed by atoms with Crippen LogP contribution in [0, 0.1) is 5.82 Å². The lowest BCUT2D eigenvalue weighted by molar-refractivity contribution is 0.397. The van der Waals surface area contributed by atoms with E-state index in [-0.39, 0.29) is 12.1 Å². The summed E-state index contributed by atoms with van der Waals surface area (Å²) in [7, 11) is 3.14. The van der Waals surface area contributed by atoms with Crippen molar-refractivity contribution in [1.82, 2.24) is 9.55 Å². The van der Waals surface area contributed by atoms with Gasteiger partial charge in [0.15, 0.2) is 0 Å². The molecule has 1 heterocycles. The Hall–Kier alpha value is -2.89. The summed E-state index contributed by atoms with van der Waals surface area (Å²) < 4.78 is 25.2. The van der Waals surface area contributed by atoms with Crippen molar-refractivity contribution >= 4 is 10.9 Å². The summed E-state index contributed by atoms with van der Waals surface area (Å²) in [6.45, 7) is 0.277. The normalized spacial score (nSPS) is 10.7. The maximum Gasteiger partial charge on any atom is 0.261 e. The molecule has 23 heavy (non-hydrogen) atoms. The first-order chi connectivity index (χ1) is 11.1. The monoisotopic (exact) mass is 314 g/mol. The molecule has 0 bridgehead atoms. The van der Waals surface area contributed by atoms with E-state index in [1.54, 1.807) is 32.4 Å². The van der Waals surface area contributed by atoms with Crippen molar-refractivity contribution in [2.24, 2.45) is 0 Å². The number of halogens is 1. The lowest BCUT2D eigenvalue weighted by atomic mass is 10.1. The Morgan fingerprint density at radius 3 is 2.70 bits per heavy atom. The lowest BCUT2D eigenvalue weighted by Crippen LogP contribution is -2.21. The number of rotatable bonds is 4. The standard InChI is InChI=1S/C17H15FN2O3/c1-22-13-4-6-16(23-2)11(7-13)9-20-10-19-15-8-12(18)3-5-14(15)17(20)21/h3-8,10H,9H2,1-2H3. The van der Waals surface area contributed by atoms with Gasteiger partial charge in [0.1, 0.15) is 17.3 Å². The molecular weight excluding hydrogens is 299 g/mol. The van der Waals surface area contributed by atoms with Gasteiger partial charge in [-0.15, -0.1) is 0 Å². The maximum atomic E-state index is 13.2. The third-order valence-corrected chi connectivity index (χ3v) is 3.62. The highest BCUT2D eigenvalue weighted by molar-refractivity contribution is 5.77. The van der Waals surface area contributed by atoms with Crippen LogP contribution in [0.25, 0.3) is 10.9 Å². The van der Waals surface area contributed by atoms with Gasteiger partial charge in [-0.1, -0.05) is 0 Å². The molecule has 0 aliphatic heterocycles. The molecule has 0 spiro atoms. The summed E-state index contributed by atoms with van der Waals surface area (Å²) in [5.74, 6) is 0.901. The van der Waals surface area contributed by atoms with Crippen molar-refractivity contribution < 1.29 is 13.9 Å². The molecule has 5 nitrogen and oxygen atoms in total. The topological polar surface area (TPSA) is 53.4 Å². The fraction of sp³-hybridized carbons (Fsp3) is 0.176. The SMILES string of the molecule is COc1ccc(OC)c(Cn2cnc3cc(F)ccc3c2=O)c1. The van der Waals surface area contributed by atoms with Crippen LogP contribution in [-0.2, 0) is 6.54 Å². The van der Waals surface area contributed by atoms with E-state index >= 15 is 0 Å². The maximum absolute atomic E-state index is 13.2. The van der Waals surface area contributed by atoms with E-state index in [1.807, 2.05) is 0 Å². The van der Waals surface area contributed by atoms with Crippen LogP contribution < -0.4 is 15.0 Å². The minimum atomic E-state index is -0.420. The predicted octanol–water partition coefficient (Wildman–Crippen LogP) is 2.60. The molecule has 0 amide bonds. The van der Waals surface area contributed by atoms with Gasteiger partial charge in [-0.05, 0) is 30.3 Å². The molecule has 1 aromatic heterocycles. The Morgan fingerprint density at radius 1 is 1.13 bits per heavy atom. The van der Waals surface area contributed by atoms with Gasteiger partial charge in [0.25, 0.3) is 5.56 Å². The molecule has 0 N–H and O–H groups in total. The van der Waals surface area contributed by atoms with Crippen molar-refractivity contribution in [2.75, 3.05) is 14.2 Å². The zero-order chi connectivity index (χ0) is 16.4. The molecule has 0 saturated heterocycles. The first-order valence-electron chi connectivity index (χ1n) is 6.98. The molecule has 0 aliphatic carbocycles. The lowest BCUT2D eigenvalue weighted by Gasteiger charge is -2.12. The fourth-order valence-corrected chi connectivity index (χ4v) is 2.43. The van der Waals surface area contributed by atoms with Crippen LogP contribution >= 0.6 is 0 Å². The van der Waals surface area contributed by atoms with Crippen LogP contribution in [-0.4, -0.2) is 23.8 Å². The Morgan fingerprint density at radius 2 is 1.96 bits per heavy atom. The van der Waals surface area contributed by atoms with E-state index in [9.17, 15) is 9.18 Å². The Bertz CT molecular complexity index is 921. The summed E-state index contributed by atoms with van der Waals surface area (Å²) in [6, 6.07) is 9.31. The van der Waals surface area contributed by atoms with Gasteiger partial charge in [0.05, 0.1) is 38.0 Å². The van der Waals surface area contributed by atoms with Crippen molar-refractivity contribution in [3.63, 3.8) is 0 Å². The van der Waals surface area contributed by atoms with Crippen molar-refractivity contribution in [3.05, 3.63) is 64.5 Å². The smallest absolute Gasteiger partial charge is 0.261 e. The molecule has 0 atom stereocenters. The van der Waals surface area contributed by atoms with Crippen LogP contribution in [0.2, 0.25) is 0 Å². The summed E-state index contributed by atoms with van der Waals surface area (Å²) in [5, 5.41) is 0.371. The quantitative estimate of drug-likeness (QED) is 0.743. The van der Waals surface area contributed by atoms with E-state index in [4.69, 9.17) is 9.47 Å². The van der Waals surface area contributed by atoms with Crippen molar-refractivity contribution in [1.29, 1.82) is 0 Å². The van der Waals surface area contributed by atoms with E-state index in [2.05, 4.69) is 4.98 Å². The molecule has 0 unspecified atom stereocenters. The van der Waals surface area contributed by atoms with Gasteiger partial charge in [-0.2, -0.15) is 0 Å². The zero-order valence-corrected chi connectivity index (χ0v) is 12.7. The highest BCUT2D eigenvalue weighted by Gasteiger charge is 2.10. The zero-order valence-electron chi connectivity index (χ0n) is 12.7. The van der Waals surface area contributed by atoms with Gasteiger partial charge in [-0.25, -0.2) is 9.37 Å². The number of ether oxygens (including phenoxy) is 2. The van der Waals surface area contributed by atoms with Crippen LogP contribution in [0.5, 0.6) is 11.5 Å². The molecule has 118 valence electrons. The third-order valence-electron chi connectivity index (χ3n) is 3.62. The molecule has 2 aromatic carbocycles. The second-order valence-corrected chi connectivity index (χ2v) is 5.02. The minimum absolute atomic E-state index is 0.236. The average Bonchev–Trinajstić information content (AvgIpc) is 2.57. The number of nitrogens with zero attached hydrogens (tertiary/aromatic N) is 2. The second kappa shape index (κ2) is 6.08. The van der Waals surface area contributed by atoms with Gasteiger partial charge in [0, 0.05) is 11.6 Å². The minimum Gasteiger partial charge on any atom is -0.497 e. The summed E-state index contributed by atoms with van der Waals surface area (Å²) in [4.78, 5) is 16.7. The second-order valence-electron chi connectivity index (χ2n) is 5.02. The molecule has 0 radical (unpaired) electrons. The average molecular weight is 314 g/mol. The molecule has 0 saturated carbocycles. The Labute approximate surface area is 131 Å². The van der Waals surface area contributed by atoms with Crippen LogP contribution in [0.15, 0.2) is 47.5 Å². The largest absolute Gasteiger partial charge is 0.497 e. The van der Waals surface area contributed by atoms with E-state index in [0.29, 0.717) is 22.4 Å². The summed E-state index contributed by atoms with van der Waals surface area (Å²) >= 11 is 0. The number of fused-ring (bicyclic) bond motifs is 1. The molecule has 3 rings (SSSR count). The highest BCUT2D eigenvalue weighted by atomic mass is 19.1. The highest BCUT2D eigenvalue weighted by Crippen LogP contribution is 2.24. The van der Waals surface area contributed by atoms with E-state index in [0.717, 1.165) is 5.56 Å². The molecule has 6 heteroatoms.